The maximum absolute atomic E-state index is 13.5. The summed E-state index contributed by atoms with van der Waals surface area (Å²) in [6, 6.07) is 23.4. The summed E-state index contributed by atoms with van der Waals surface area (Å²) in [6.07, 6.45) is 0. The molecule has 0 saturated carbocycles. The predicted molar refractivity (Wildman–Crippen MR) is 133 cm³/mol. The Morgan fingerprint density at radius 3 is 2.27 bits per heavy atom. The maximum atomic E-state index is 13.5. The van der Waals surface area contributed by atoms with Gasteiger partial charge in [0.05, 0.1) is 17.1 Å². The fourth-order valence-corrected chi connectivity index (χ4v) is 4.11. The highest BCUT2D eigenvalue weighted by molar-refractivity contribution is 6.11. The molecular weight excluding hydrogens is 410 g/mol. The third kappa shape index (κ3) is 3.59. The van der Waals surface area contributed by atoms with E-state index >= 15 is 0 Å². The summed E-state index contributed by atoms with van der Waals surface area (Å²) >= 11 is 0. The van der Waals surface area contributed by atoms with Gasteiger partial charge in [0.25, 0.3) is 5.91 Å². The number of carbonyl (C=O) groups excluding carboxylic acids is 1. The monoisotopic (exact) mass is 435 g/mol. The van der Waals surface area contributed by atoms with Gasteiger partial charge in [-0.3, -0.25) is 9.36 Å². The minimum Gasteiger partial charge on any atom is -0.384 e. The normalized spacial score (nSPS) is 12.2. The van der Waals surface area contributed by atoms with Crippen LogP contribution in [0.25, 0.3) is 27.9 Å². The summed E-state index contributed by atoms with van der Waals surface area (Å²) in [7, 11) is 0. The van der Waals surface area contributed by atoms with Crippen LogP contribution in [-0.2, 0) is 0 Å². The number of fused-ring (bicyclic) bond motifs is 2. The molecule has 0 saturated heterocycles. The zero-order chi connectivity index (χ0) is 23.1. The topological polar surface area (TPSA) is 85.8 Å². The average molecular weight is 436 g/mol. The Morgan fingerprint density at radius 1 is 0.909 bits per heavy atom. The number of nitrogens with zero attached hydrogens (tertiary/aromatic N) is 3. The first-order chi connectivity index (χ1) is 15.9. The Hall–Kier alpha value is -4.19. The molecule has 0 spiro atoms. The van der Waals surface area contributed by atoms with Gasteiger partial charge >= 0.3 is 0 Å². The first-order valence-electron chi connectivity index (χ1n) is 10.9. The summed E-state index contributed by atoms with van der Waals surface area (Å²) in [4.78, 5) is 23.1. The minimum absolute atomic E-state index is 0.188. The summed E-state index contributed by atoms with van der Waals surface area (Å²) in [5.41, 5.74) is 13.7. The average Bonchev–Trinajstić information content (AvgIpc) is 3.10. The van der Waals surface area contributed by atoms with Gasteiger partial charge in [0.1, 0.15) is 16.9 Å². The van der Waals surface area contributed by atoms with Gasteiger partial charge in [-0.05, 0) is 61.7 Å². The Labute approximate surface area is 192 Å². The highest BCUT2D eigenvalue weighted by atomic mass is 16.1. The van der Waals surface area contributed by atoms with Crippen molar-refractivity contribution in [3.8, 4) is 5.69 Å². The molecule has 3 aromatic carbocycles. The molecule has 0 fully saturated rings. The number of para-hydroxylation sites is 2. The molecule has 2 aromatic heterocycles. The number of anilines is 1. The second-order valence-electron chi connectivity index (χ2n) is 8.35. The molecule has 1 unspecified atom stereocenters. The smallest absolute Gasteiger partial charge is 0.257 e. The first kappa shape index (κ1) is 20.7. The summed E-state index contributed by atoms with van der Waals surface area (Å²) in [5.74, 6) is 0.0438. The number of nitrogens with one attached hydrogen (secondary N) is 1. The van der Waals surface area contributed by atoms with Crippen molar-refractivity contribution in [3.05, 3.63) is 95.1 Å². The minimum atomic E-state index is -0.277. The second-order valence-corrected chi connectivity index (χ2v) is 8.35. The van der Waals surface area contributed by atoms with E-state index in [2.05, 4.69) is 25.2 Å². The zero-order valence-corrected chi connectivity index (χ0v) is 18.8. The number of nitrogens with two attached hydrogens (primary N) is 1. The third-order valence-electron chi connectivity index (χ3n) is 6.12. The lowest BCUT2D eigenvalue weighted by Crippen LogP contribution is -2.27. The van der Waals surface area contributed by atoms with Crippen molar-refractivity contribution in [2.24, 2.45) is 0 Å². The van der Waals surface area contributed by atoms with Gasteiger partial charge in [0.2, 0.25) is 0 Å². The molecule has 0 aliphatic rings. The molecule has 6 nitrogen and oxygen atoms in total. The Balaban J connectivity index is 1.70. The van der Waals surface area contributed by atoms with Crippen molar-refractivity contribution < 1.29 is 4.79 Å². The highest BCUT2D eigenvalue weighted by Gasteiger charge is 2.26. The SMILES string of the molecule is Cc1ccc(-n2c(N)c(C(=O)NC(C)c3ccccc3)c3nc4ccccc4nc32)cc1C. The molecule has 33 heavy (non-hydrogen) atoms. The number of carbonyl (C=O) groups is 1. The highest BCUT2D eigenvalue weighted by Crippen LogP contribution is 2.32. The second kappa shape index (κ2) is 8.06. The quantitative estimate of drug-likeness (QED) is 0.403. The number of hydrogen-bond acceptors (Lipinski definition) is 4. The van der Waals surface area contributed by atoms with Crippen LogP contribution in [0.1, 0.15) is 40.0 Å². The van der Waals surface area contributed by atoms with E-state index in [9.17, 15) is 4.79 Å². The van der Waals surface area contributed by atoms with Crippen LogP contribution in [0, 0.1) is 13.8 Å². The molecule has 3 N–H and O–H groups in total. The Kier molecular flexibility index (Phi) is 5.05. The first-order valence-corrected chi connectivity index (χ1v) is 10.9. The van der Waals surface area contributed by atoms with Gasteiger partial charge in [-0.25, -0.2) is 9.97 Å². The van der Waals surface area contributed by atoms with Crippen molar-refractivity contribution in [1.29, 1.82) is 0 Å². The van der Waals surface area contributed by atoms with E-state index in [1.807, 2.05) is 78.2 Å². The number of nitrogen functional groups attached to an aromatic ring is 1. The number of hydrogen-bond donors (Lipinski definition) is 2. The van der Waals surface area contributed by atoms with Crippen LogP contribution < -0.4 is 11.1 Å². The van der Waals surface area contributed by atoms with E-state index in [1.54, 1.807) is 0 Å². The van der Waals surface area contributed by atoms with E-state index in [4.69, 9.17) is 15.7 Å². The van der Waals surface area contributed by atoms with Crippen LogP contribution >= 0.6 is 0 Å². The molecule has 164 valence electrons. The molecule has 1 atom stereocenters. The lowest BCUT2D eigenvalue weighted by atomic mass is 10.1. The third-order valence-corrected chi connectivity index (χ3v) is 6.12. The van der Waals surface area contributed by atoms with E-state index in [-0.39, 0.29) is 11.9 Å². The molecular formula is C27H25N5O. The zero-order valence-electron chi connectivity index (χ0n) is 18.8. The van der Waals surface area contributed by atoms with Crippen LogP contribution in [0.2, 0.25) is 0 Å². The predicted octanol–water partition coefficient (Wildman–Crippen LogP) is 5.26. The maximum Gasteiger partial charge on any atom is 0.257 e. The number of aromatic nitrogens is 3. The van der Waals surface area contributed by atoms with Crippen molar-refractivity contribution in [1.82, 2.24) is 19.9 Å². The van der Waals surface area contributed by atoms with Crippen LogP contribution in [0.4, 0.5) is 5.82 Å². The van der Waals surface area contributed by atoms with Crippen LogP contribution in [0.5, 0.6) is 0 Å². The molecule has 0 radical (unpaired) electrons. The molecule has 5 rings (SSSR count). The van der Waals surface area contributed by atoms with E-state index in [0.717, 1.165) is 22.3 Å². The summed E-state index contributed by atoms with van der Waals surface area (Å²) < 4.78 is 1.82. The molecule has 1 amide bonds. The fraction of sp³-hybridized carbons (Fsp3) is 0.148. The van der Waals surface area contributed by atoms with Crippen molar-refractivity contribution in [2.75, 3.05) is 5.73 Å². The molecule has 6 heteroatoms. The molecule has 0 bridgehead atoms. The van der Waals surface area contributed by atoms with Crippen molar-refractivity contribution in [2.45, 2.75) is 26.8 Å². The number of amides is 1. The van der Waals surface area contributed by atoms with Gasteiger partial charge in [-0.15, -0.1) is 0 Å². The molecule has 2 heterocycles. The van der Waals surface area contributed by atoms with E-state index < -0.39 is 0 Å². The van der Waals surface area contributed by atoms with Gasteiger partial charge < -0.3 is 11.1 Å². The lowest BCUT2D eigenvalue weighted by Gasteiger charge is -2.14. The van der Waals surface area contributed by atoms with Crippen molar-refractivity contribution in [3.63, 3.8) is 0 Å². The Bertz CT molecular complexity index is 1500. The Morgan fingerprint density at radius 2 is 1.58 bits per heavy atom. The summed E-state index contributed by atoms with van der Waals surface area (Å²) in [5, 5.41) is 3.08. The van der Waals surface area contributed by atoms with Crippen LogP contribution in [0.3, 0.4) is 0 Å². The van der Waals surface area contributed by atoms with E-state index in [0.29, 0.717) is 28.1 Å². The van der Waals surface area contributed by atoms with E-state index in [1.165, 1.54) is 5.56 Å². The largest absolute Gasteiger partial charge is 0.384 e. The molecule has 0 aliphatic heterocycles. The van der Waals surface area contributed by atoms with Gasteiger partial charge in [-0.1, -0.05) is 48.5 Å². The van der Waals surface area contributed by atoms with Crippen LogP contribution in [-0.4, -0.2) is 20.4 Å². The van der Waals surface area contributed by atoms with Crippen LogP contribution in [0.15, 0.2) is 72.8 Å². The molecule has 5 aromatic rings. The van der Waals surface area contributed by atoms with Crippen molar-refractivity contribution >= 4 is 33.9 Å². The molecule has 0 aliphatic carbocycles. The number of rotatable bonds is 4. The van der Waals surface area contributed by atoms with Gasteiger partial charge in [-0.2, -0.15) is 0 Å². The van der Waals surface area contributed by atoms with Gasteiger partial charge in [0, 0.05) is 5.69 Å². The standard InChI is InChI=1S/C27H25N5O/c1-16-13-14-20(15-17(16)2)32-25(28)23(27(33)29-18(3)19-9-5-4-6-10-19)24-26(32)31-22-12-8-7-11-21(22)30-24/h4-15,18H,28H2,1-3H3,(H,29,33). The fourth-order valence-electron chi connectivity index (χ4n) is 4.11. The summed E-state index contributed by atoms with van der Waals surface area (Å²) in [6.45, 7) is 6.07. The van der Waals surface area contributed by atoms with Gasteiger partial charge in [0.15, 0.2) is 5.65 Å². The number of aryl methyl sites for hydroxylation is 2. The number of benzene rings is 3. The lowest BCUT2D eigenvalue weighted by molar-refractivity contribution is 0.0942.